The van der Waals surface area contributed by atoms with E-state index in [1.54, 1.807) is 12.1 Å². The fourth-order valence-electron chi connectivity index (χ4n) is 3.53. The van der Waals surface area contributed by atoms with Crippen LogP contribution in [-0.2, 0) is 14.3 Å². The number of carbonyl (C=O) groups excluding carboxylic acids is 2. The zero-order chi connectivity index (χ0) is 17.3. The summed E-state index contributed by atoms with van der Waals surface area (Å²) in [4.78, 5) is 24.8. The number of amides is 2. The molecule has 0 radical (unpaired) electrons. The largest absolute Gasteiger partial charge is 0.356 e. The van der Waals surface area contributed by atoms with Crippen molar-refractivity contribution in [3.63, 3.8) is 0 Å². The van der Waals surface area contributed by atoms with Crippen LogP contribution >= 0.6 is 0 Å². The van der Waals surface area contributed by atoms with E-state index in [1.165, 1.54) is 0 Å². The Balaban J connectivity index is 1.76. The molecule has 1 aliphatic heterocycles. The predicted octanol–water partition coefficient (Wildman–Crippen LogP) is 1.46. The molecular formula is C18H24N2O4. The number of fused-ring (bicyclic) bond motifs is 1. The molecule has 1 aromatic carbocycles. The van der Waals surface area contributed by atoms with Crippen molar-refractivity contribution in [3.05, 3.63) is 35.9 Å². The normalized spacial score (nSPS) is 30.6. The number of hydrogen-bond donors (Lipinski definition) is 2. The van der Waals surface area contributed by atoms with Crippen LogP contribution < -0.4 is 10.6 Å². The first kappa shape index (κ1) is 16.9. The molecule has 1 saturated carbocycles. The molecule has 0 aromatic heterocycles. The molecular weight excluding hydrogens is 308 g/mol. The number of hydrogen-bond acceptors (Lipinski definition) is 4. The van der Waals surface area contributed by atoms with Gasteiger partial charge in [0, 0.05) is 12.1 Å². The molecule has 1 unspecified atom stereocenters. The van der Waals surface area contributed by atoms with Crippen molar-refractivity contribution in [2.45, 2.75) is 51.2 Å². The monoisotopic (exact) mass is 332 g/mol. The summed E-state index contributed by atoms with van der Waals surface area (Å²) >= 11 is 0. The highest BCUT2D eigenvalue weighted by Gasteiger charge is 2.56. The molecule has 1 aromatic rings. The highest BCUT2D eigenvalue weighted by molar-refractivity contribution is 5.94. The minimum Gasteiger partial charge on any atom is -0.356 e. The van der Waals surface area contributed by atoms with Crippen LogP contribution in [0, 0.1) is 5.92 Å². The number of nitrogens with one attached hydrogen (secondary N) is 2. The Morgan fingerprint density at radius 2 is 1.83 bits per heavy atom. The van der Waals surface area contributed by atoms with Crippen molar-refractivity contribution in [1.82, 2.24) is 10.6 Å². The molecule has 1 saturated heterocycles. The lowest BCUT2D eigenvalue weighted by Crippen LogP contribution is -2.43. The van der Waals surface area contributed by atoms with Crippen molar-refractivity contribution in [2.24, 2.45) is 5.92 Å². The van der Waals surface area contributed by atoms with Crippen LogP contribution in [0.1, 0.15) is 37.6 Å². The summed E-state index contributed by atoms with van der Waals surface area (Å²) in [5.41, 5.74) is 0.591. The molecule has 3 rings (SSSR count). The molecule has 1 aliphatic carbocycles. The Kier molecular flexibility index (Phi) is 4.60. The molecule has 0 bridgehead atoms. The van der Waals surface area contributed by atoms with Gasteiger partial charge in [-0.15, -0.1) is 0 Å². The van der Waals surface area contributed by atoms with Crippen molar-refractivity contribution in [2.75, 3.05) is 6.54 Å². The van der Waals surface area contributed by atoms with Gasteiger partial charge in [-0.3, -0.25) is 9.59 Å². The van der Waals surface area contributed by atoms with Gasteiger partial charge in [-0.2, -0.15) is 0 Å². The molecule has 6 nitrogen and oxygen atoms in total. The van der Waals surface area contributed by atoms with Gasteiger partial charge in [0.1, 0.15) is 12.2 Å². The van der Waals surface area contributed by atoms with Gasteiger partial charge in [0.15, 0.2) is 5.79 Å². The van der Waals surface area contributed by atoms with Gasteiger partial charge in [0.2, 0.25) is 5.91 Å². The minimum atomic E-state index is -0.754. The predicted molar refractivity (Wildman–Crippen MR) is 88.3 cm³/mol. The average Bonchev–Trinajstić information content (AvgIpc) is 3.02. The Morgan fingerprint density at radius 1 is 1.17 bits per heavy atom. The van der Waals surface area contributed by atoms with Gasteiger partial charge in [-0.05, 0) is 39.3 Å². The van der Waals surface area contributed by atoms with E-state index in [0.717, 1.165) is 0 Å². The summed E-state index contributed by atoms with van der Waals surface area (Å²) in [5, 5.41) is 5.85. The maximum atomic E-state index is 12.4. The fourth-order valence-corrected chi connectivity index (χ4v) is 3.53. The third kappa shape index (κ3) is 3.30. The minimum absolute atomic E-state index is 0.0507. The molecule has 1 heterocycles. The molecule has 130 valence electrons. The standard InChI is InChI=1S/C18H24N2O4/c1-4-19-17(22)12-10-13(15-14(12)23-18(2,3)24-15)20-16(21)11-8-6-5-7-9-11/h5-9,12-15H,4,10H2,1-3H3,(H,19,22)(H,20,21)/t12?,13-,14-,15+/m1/s1. The van der Waals surface area contributed by atoms with Gasteiger partial charge < -0.3 is 20.1 Å². The highest BCUT2D eigenvalue weighted by atomic mass is 16.8. The maximum absolute atomic E-state index is 12.4. The highest BCUT2D eigenvalue weighted by Crippen LogP contribution is 2.41. The summed E-state index contributed by atoms with van der Waals surface area (Å²) in [6.45, 7) is 6.11. The number of benzene rings is 1. The van der Waals surface area contributed by atoms with E-state index >= 15 is 0 Å². The first-order valence-electron chi connectivity index (χ1n) is 8.40. The van der Waals surface area contributed by atoms with Crippen molar-refractivity contribution in [3.8, 4) is 0 Å². The van der Waals surface area contributed by atoms with Gasteiger partial charge in [0.05, 0.1) is 12.0 Å². The third-order valence-corrected chi connectivity index (χ3v) is 4.50. The summed E-state index contributed by atoms with van der Waals surface area (Å²) in [6.07, 6.45) is -0.150. The van der Waals surface area contributed by atoms with E-state index < -0.39 is 5.79 Å². The van der Waals surface area contributed by atoms with Crippen LogP contribution in [0.5, 0.6) is 0 Å². The van der Waals surface area contributed by atoms with E-state index in [4.69, 9.17) is 9.47 Å². The topological polar surface area (TPSA) is 76.7 Å². The SMILES string of the molecule is CCNC(=O)C1C[C@@H](NC(=O)c2ccccc2)[C@@H]2OC(C)(C)O[C@H]12. The van der Waals surface area contributed by atoms with Crippen LogP contribution in [0.15, 0.2) is 30.3 Å². The van der Waals surface area contributed by atoms with Gasteiger partial charge in [-0.25, -0.2) is 0 Å². The lowest BCUT2D eigenvalue weighted by atomic mass is 10.0. The summed E-state index contributed by atoms with van der Waals surface area (Å²) in [7, 11) is 0. The molecule has 0 spiro atoms. The van der Waals surface area contributed by atoms with Crippen molar-refractivity contribution >= 4 is 11.8 Å². The number of ether oxygens (including phenoxy) is 2. The molecule has 2 fully saturated rings. The van der Waals surface area contributed by atoms with Crippen LogP contribution in [0.4, 0.5) is 0 Å². The third-order valence-electron chi connectivity index (χ3n) is 4.50. The zero-order valence-electron chi connectivity index (χ0n) is 14.2. The number of rotatable bonds is 4. The molecule has 24 heavy (non-hydrogen) atoms. The van der Waals surface area contributed by atoms with E-state index in [9.17, 15) is 9.59 Å². The van der Waals surface area contributed by atoms with Gasteiger partial charge in [0.25, 0.3) is 5.91 Å². The number of carbonyl (C=O) groups is 2. The van der Waals surface area contributed by atoms with Gasteiger partial charge in [-0.1, -0.05) is 18.2 Å². The molecule has 2 amide bonds. The van der Waals surface area contributed by atoms with Crippen molar-refractivity contribution in [1.29, 1.82) is 0 Å². The van der Waals surface area contributed by atoms with E-state index in [1.807, 2.05) is 39.0 Å². The molecule has 2 aliphatic rings. The van der Waals surface area contributed by atoms with Crippen LogP contribution in [-0.4, -0.2) is 42.4 Å². The van der Waals surface area contributed by atoms with Crippen LogP contribution in [0.3, 0.4) is 0 Å². The van der Waals surface area contributed by atoms with Gasteiger partial charge >= 0.3 is 0 Å². The average molecular weight is 332 g/mol. The summed E-state index contributed by atoms with van der Waals surface area (Å²) in [5.74, 6) is -1.29. The Bertz CT molecular complexity index is 617. The quantitative estimate of drug-likeness (QED) is 0.875. The van der Waals surface area contributed by atoms with Crippen molar-refractivity contribution < 1.29 is 19.1 Å². The smallest absolute Gasteiger partial charge is 0.251 e. The Labute approximate surface area is 141 Å². The second-order valence-electron chi connectivity index (χ2n) is 6.75. The molecule has 4 atom stereocenters. The second-order valence-corrected chi connectivity index (χ2v) is 6.75. The first-order valence-corrected chi connectivity index (χ1v) is 8.40. The molecule has 6 heteroatoms. The second kappa shape index (κ2) is 6.53. The van der Waals surface area contributed by atoms with E-state index in [-0.39, 0.29) is 36.0 Å². The van der Waals surface area contributed by atoms with E-state index in [2.05, 4.69) is 10.6 Å². The molecule has 2 N–H and O–H groups in total. The van der Waals surface area contributed by atoms with E-state index in [0.29, 0.717) is 18.5 Å². The summed E-state index contributed by atoms with van der Waals surface area (Å²) < 4.78 is 11.9. The Morgan fingerprint density at radius 3 is 2.50 bits per heavy atom. The van der Waals surface area contributed by atoms with Crippen LogP contribution in [0.25, 0.3) is 0 Å². The summed E-state index contributed by atoms with van der Waals surface area (Å²) in [6, 6.07) is 8.78. The lowest BCUT2D eigenvalue weighted by molar-refractivity contribution is -0.161. The van der Waals surface area contributed by atoms with Crippen LogP contribution in [0.2, 0.25) is 0 Å². The Hall–Kier alpha value is -1.92. The maximum Gasteiger partial charge on any atom is 0.251 e. The lowest BCUT2D eigenvalue weighted by Gasteiger charge is -2.23. The zero-order valence-corrected chi connectivity index (χ0v) is 14.2. The fraction of sp³-hybridized carbons (Fsp3) is 0.556. The first-order chi connectivity index (χ1) is 11.4.